The van der Waals surface area contributed by atoms with Gasteiger partial charge in [-0.15, -0.1) is 0 Å². The Bertz CT molecular complexity index is 428. The van der Waals surface area contributed by atoms with E-state index in [1.54, 1.807) is 0 Å². The molecule has 1 saturated heterocycles. The van der Waals surface area contributed by atoms with E-state index in [4.69, 9.17) is 11.6 Å². The zero-order chi connectivity index (χ0) is 13.9. The van der Waals surface area contributed by atoms with Gasteiger partial charge in [-0.3, -0.25) is 0 Å². The standard InChI is InChI=1S/C13H16ClF3N2/c14-11-5-10(13(15,16)17)6-12(7-11)19-8-9-1-3-18-4-2-9/h5-7,9,18-19H,1-4,8H2. The van der Waals surface area contributed by atoms with Crippen molar-refractivity contribution in [3.05, 3.63) is 28.8 Å². The third kappa shape index (κ3) is 4.28. The maximum absolute atomic E-state index is 12.6. The Kier molecular flexibility index (Phi) is 4.58. The SMILES string of the molecule is FC(F)(F)c1cc(Cl)cc(NCC2CCNCC2)c1. The molecule has 0 aromatic heterocycles. The quantitative estimate of drug-likeness (QED) is 0.886. The topological polar surface area (TPSA) is 24.1 Å². The van der Waals surface area contributed by atoms with Crippen LogP contribution in [-0.2, 0) is 6.18 Å². The molecule has 0 radical (unpaired) electrons. The van der Waals surface area contributed by atoms with Gasteiger partial charge in [0.2, 0.25) is 0 Å². The molecule has 1 aromatic rings. The molecule has 1 aliphatic heterocycles. The fourth-order valence-electron chi connectivity index (χ4n) is 2.20. The Labute approximate surface area is 115 Å². The molecule has 1 aromatic carbocycles. The average Bonchev–Trinajstić information content (AvgIpc) is 2.36. The van der Waals surface area contributed by atoms with Crippen LogP contribution >= 0.6 is 11.6 Å². The summed E-state index contributed by atoms with van der Waals surface area (Å²) in [5.41, 5.74) is -0.286. The van der Waals surface area contributed by atoms with E-state index in [0.717, 1.165) is 38.1 Å². The number of hydrogen-bond acceptors (Lipinski definition) is 2. The highest BCUT2D eigenvalue weighted by Gasteiger charge is 2.31. The minimum Gasteiger partial charge on any atom is -0.385 e. The van der Waals surface area contributed by atoms with E-state index < -0.39 is 11.7 Å². The molecule has 1 aliphatic rings. The third-order valence-electron chi connectivity index (χ3n) is 3.28. The van der Waals surface area contributed by atoms with E-state index in [0.29, 0.717) is 18.2 Å². The molecule has 0 saturated carbocycles. The normalized spacial score (nSPS) is 17.5. The van der Waals surface area contributed by atoms with E-state index in [1.165, 1.54) is 6.07 Å². The van der Waals surface area contributed by atoms with Crippen LogP contribution in [-0.4, -0.2) is 19.6 Å². The molecule has 0 aliphatic carbocycles. The lowest BCUT2D eigenvalue weighted by Gasteiger charge is -2.23. The average molecular weight is 293 g/mol. The van der Waals surface area contributed by atoms with Gasteiger partial charge < -0.3 is 10.6 Å². The Morgan fingerprint density at radius 3 is 2.53 bits per heavy atom. The van der Waals surface area contributed by atoms with Gasteiger partial charge >= 0.3 is 6.18 Å². The summed E-state index contributed by atoms with van der Waals surface area (Å²) in [4.78, 5) is 0. The second kappa shape index (κ2) is 6.01. The lowest BCUT2D eigenvalue weighted by Crippen LogP contribution is -2.31. The summed E-state index contributed by atoms with van der Waals surface area (Å²) in [5, 5.41) is 6.41. The lowest BCUT2D eigenvalue weighted by atomic mass is 9.98. The number of piperidine rings is 1. The minimum absolute atomic E-state index is 0.0997. The molecule has 0 spiro atoms. The summed E-state index contributed by atoms with van der Waals surface area (Å²) in [6, 6.07) is 3.57. The Balaban J connectivity index is 2.01. The molecule has 6 heteroatoms. The van der Waals surface area contributed by atoms with E-state index in [1.807, 2.05) is 0 Å². The van der Waals surface area contributed by atoms with Crippen LogP contribution in [0.5, 0.6) is 0 Å². The molecule has 106 valence electrons. The first kappa shape index (κ1) is 14.5. The fraction of sp³-hybridized carbons (Fsp3) is 0.538. The smallest absolute Gasteiger partial charge is 0.385 e. The van der Waals surface area contributed by atoms with E-state index in [2.05, 4.69) is 10.6 Å². The first-order valence-corrected chi connectivity index (χ1v) is 6.65. The van der Waals surface area contributed by atoms with E-state index in [-0.39, 0.29) is 5.02 Å². The molecule has 0 atom stereocenters. The van der Waals surface area contributed by atoms with Crippen molar-refractivity contribution in [2.45, 2.75) is 19.0 Å². The molecule has 0 bridgehead atoms. The van der Waals surface area contributed by atoms with Crippen molar-refractivity contribution in [3.8, 4) is 0 Å². The van der Waals surface area contributed by atoms with Crippen LogP contribution in [0, 0.1) is 5.92 Å². The van der Waals surface area contributed by atoms with Crippen LogP contribution in [0.15, 0.2) is 18.2 Å². The number of rotatable bonds is 3. The van der Waals surface area contributed by atoms with Crippen LogP contribution in [0.25, 0.3) is 0 Å². The van der Waals surface area contributed by atoms with Gasteiger partial charge in [0, 0.05) is 17.3 Å². The van der Waals surface area contributed by atoms with Crippen molar-refractivity contribution in [1.82, 2.24) is 5.32 Å². The number of anilines is 1. The summed E-state index contributed by atoms with van der Waals surface area (Å²) in [5.74, 6) is 0.495. The molecule has 1 fully saturated rings. The van der Waals surface area contributed by atoms with Crippen molar-refractivity contribution in [3.63, 3.8) is 0 Å². The lowest BCUT2D eigenvalue weighted by molar-refractivity contribution is -0.137. The monoisotopic (exact) mass is 292 g/mol. The second-order valence-electron chi connectivity index (χ2n) is 4.80. The van der Waals surface area contributed by atoms with Gasteiger partial charge in [-0.1, -0.05) is 11.6 Å². The maximum atomic E-state index is 12.6. The Hall–Kier alpha value is -0.940. The van der Waals surface area contributed by atoms with E-state index >= 15 is 0 Å². The highest BCUT2D eigenvalue weighted by Crippen LogP contribution is 2.33. The zero-order valence-electron chi connectivity index (χ0n) is 10.4. The molecular formula is C13H16ClF3N2. The summed E-state index contributed by atoms with van der Waals surface area (Å²) in [6.45, 7) is 2.62. The molecule has 0 amide bonds. The van der Waals surface area contributed by atoms with Crippen LogP contribution in [0.1, 0.15) is 18.4 Å². The van der Waals surface area contributed by atoms with Gasteiger partial charge in [0.05, 0.1) is 5.56 Å². The number of hydrogen-bond donors (Lipinski definition) is 2. The van der Waals surface area contributed by atoms with Crippen molar-refractivity contribution < 1.29 is 13.2 Å². The Morgan fingerprint density at radius 2 is 1.89 bits per heavy atom. The number of halogens is 4. The zero-order valence-corrected chi connectivity index (χ0v) is 11.1. The number of nitrogens with one attached hydrogen (secondary N) is 2. The third-order valence-corrected chi connectivity index (χ3v) is 3.50. The minimum atomic E-state index is -4.36. The first-order chi connectivity index (χ1) is 8.95. The number of alkyl halides is 3. The van der Waals surface area contributed by atoms with Crippen molar-refractivity contribution in [1.29, 1.82) is 0 Å². The van der Waals surface area contributed by atoms with Gasteiger partial charge in [-0.2, -0.15) is 13.2 Å². The fourth-order valence-corrected chi connectivity index (χ4v) is 2.44. The highest BCUT2D eigenvalue weighted by molar-refractivity contribution is 6.30. The molecule has 2 rings (SSSR count). The Morgan fingerprint density at radius 1 is 1.21 bits per heavy atom. The van der Waals surface area contributed by atoms with Crippen LogP contribution in [0.2, 0.25) is 5.02 Å². The molecular weight excluding hydrogens is 277 g/mol. The summed E-state index contributed by atoms with van der Waals surface area (Å²) in [7, 11) is 0. The van der Waals surface area contributed by atoms with Gasteiger partial charge in [0.15, 0.2) is 0 Å². The maximum Gasteiger partial charge on any atom is 0.416 e. The van der Waals surface area contributed by atoms with Gasteiger partial charge in [-0.25, -0.2) is 0 Å². The molecule has 2 nitrogen and oxygen atoms in total. The van der Waals surface area contributed by atoms with Crippen molar-refractivity contribution in [2.75, 3.05) is 25.0 Å². The van der Waals surface area contributed by atoms with Crippen molar-refractivity contribution in [2.24, 2.45) is 5.92 Å². The van der Waals surface area contributed by atoms with Gasteiger partial charge in [0.1, 0.15) is 0 Å². The first-order valence-electron chi connectivity index (χ1n) is 6.27. The molecule has 2 N–H and O–H groups in total. The molecule has 19 heavy (non-hydrogen) atoms. The van der Waals surface area contributed by atoms with Crippen LogP contribution in [0.4, 0.5) is 18.9 Å². The number of benzene rings is 1. The van der Waals surface area contributed by atoms with Gasteiger partial charge in [0.25, 0.3) is 0 Å². The summed E-state index contributed by atoms with van der Waals surface area (Å²) < 4.78 is 37.9. The van der Waals surface area contributed by atoms with Crippen LogP contribution < -0.4 is 10.6 Å². The largest absolute Gasteiger partial charge is 0.416 e. The summed E-state index contributed by atoms with van der Waals surface area (Å²) in [6.07, 6.45) is -2.28. The molecule has 0 unspecified atom stereocenters. The predicted molar refractivity (Wildman–Crippen MR) is 70.5 cm³/mol. The predicted octanol–water partition coefficient (Wildman–Crippen LogP) is 3.77. The van der Waals surface area contributed by atoms with Crippen LogP contribution in [0.3, 0.4) is 0 Å². The van der Waals surface area contributed by atoms with Gasteiger partial charge in [-0.05, 0) is 50.0 Å². The summed E-state index contributed by atoms with van der Waals surface area (Å²) >= 11 is 5.73. The van der Waals surface area contributed by atoms with E-state index in [9.17, 15) is 13.2 Å². The molecule has 1 heterocycles. The van der Waals surface area contributed by atoms with Crippen molar-refractivity contribution >= 4 is 17.3 Å². The highest BCUT2D eigenvalue weighted by atomic mass is 35.5. The second-order valence-corrected chi connectivity index (χ2v) is 5.24.